The van der Waals surface area contributed by atoms with Crippen molar-refractivity contribution in [2.75, 3.05) is 14.1 Å². The molecule has 1 nitrogen and oxygen atoms in total. The van der Waals surface area contributed by atoms with E-state index in [1.165, 1.54) is 43.7 Å². The Morgan fingerprint density at radius 1 is 0.426 bits per heavy atom. The van der Waals surface area contributed by atoms with Crippen molar-refractivity contribution in [3.05, 3.63) is 214 Å². The van der Waals surface area contributed by atoms with E-state index >= 15 is 0 Å². The number of hydrogen-bond donors (Lipinski definition) is 0. The average molecular weight is 688 g/mol. The topological polar surface area (TPSA) is 3.24 Å². The van der Waals surface area contributed by atoms with E-state index in [-0.39, 0.29) is 23.1 Å². The molecule has 4 heteroatoms. The van der Waals surface area contributed by atoms with Crippen molar-refractivity contribution in [2.24, 2.45) is 0 Å². The maximum absolute atomic E-state index is 2.46. The zero-order chi connectivity index (χ0) is 31.6. The Kier molecular flexibility index (Phi) is 13.9. The van der Waals surface area contributed by atoms with E-state index in [9.17, 15) is 0 Å². The molecule has 0 aromatic heterocycles. The Bertz CT molecular complexity index is 1510. The maximum atomic E-state index is 2.46. The Balaban J connectivity index is 0.000000662. The van der Waals surface area contributed by atoms with E-state index in [1.807, 2.05) is 32.1 Å². The SMILES string of the molecule is CN(C)[C@@H]([C]1[CH][CH][CH][C]1P(c1ccccc1)c1ccccc1)c1cccc(P(c2ccccc2)c2ccccc2)c1.[CH]1[CH][CH][CH][CH]1.[Fe]. The fourth-order valence-electron chi connectivity index (χ4n) is 5.95. The monoisotopic (exact) mass is 687 g/mol. The number of nitrogens with zero attached hydrogens (tertiary/aromatic N) is 1. The molecule has 7 rings (SSSR count). The summed E-state index contributed by atoms with van der Waals surface area (Å²) in [6.45, 7) is 0. The standard InChI is InChI=1S/C38H34NP2.C5H5.Fe/c1-39(2)38(36-27-16-28-37(36)41(33-22-11-5-12-23-33)34-24-13-6-14-25-34)30-17-15-26-35(29-30)40(31-18-7-3-8-19-31)32-20-9-4-10-21-32;1-2-4-5-3-1;/h3-29,38H,1-2H3;1-5H;/t38-;;/m1../s1. The molecule has 0 spiro atoms. The average Bonchev–Trinajstić information content (AvgIpc) is 3.84. The van der Waals surface area contributed by atoms with Gasteiger partial charge in [0.1, 0.15) is 0 Å². The summed E-state index contributed by atoms with van der Waals surface area (Å²) in [6, 6.07) is 53.4. The molecular formula is C43H39FeNP2. The Morgan fingerprint density at radius 2 is 0.830 bits per heavy atom. The number of hydrogen-bond acceptors (Lipinski definition) is 1. The third-order valence-corrected chi connectivity index (χ3v) is 12.9. The van der Waals surface area contributed by atoms with E-state index in [1.54, 1.807) is 0 Å². The Labute approximate surface area is 297 Å². The van der Waals surface area contributed by atoms with Gasteiger partial charge in [-0.15, -0.1) is 0 Å². The first-order chi connectivity index (χ1) is 22.7. The first kappa shape index (κ1) is 35.7. The summed E-state index contributed by atoms with van der Waals surface area (Å²) in [4.78, 5) is 2.37. The molecule has 2 saturated carbocycles. The quantitative estimate of drug-likeness (QED) is 0.112. The van der Waals surface area contributed by atoms with Gasteiger partial charge in [0.05, 0.1) is 0 Å². The predicted molar refractivity (Wildman–Crippen MR) is 202 cm³/mol. The maximum Gasteiger partial charge on any atom is 0.0417 e. The van der Waals surface area contributed by atoms with Crippen LogP contribution in [0.25, 0.3) is 0 Å². The summed E-state index contributed by atoms with van der Waals surface area (Å²) >= 11 is 0. The van der Waals surface area contributed by atoms with Crippen LogP contribution < -0.4 is 26.5 Å². The summed E-state index contributed by atoms with van der Waals surface area (Å²) in [5.74, 6) is 1.38. The van der Waals surface area contributed by atoms with Gasteiger partial charge in [-0.05, 0) is 119 Å². The van der Waals surface area contributed by atoms with Crippen LogP contribution in [0.15, 0.2) is 146 Å². The summed E-state index contributed by atoms with van der Waals surface area (Å²) in [6.07, 6.45) is 16.9. The molecule has 0 saturated heterocycles. The van der Waals surface area contributed by atoms with Crippen molar-refractivity contribution in [1.82, 2.24) is 4.90 Å². The Hall–Kier alpha value is -2.56. The second-order valence-electron chi connectivity index (χ2n) is 11.3. The van der Waals surface area contributed by atoms with Gasteiger partial charge in [-0.3, -0.25) is 0 Å². The normalized spacial score (nSPS) is 15.8. The van der Waals surface area contributed by atoms with Gasteiger partial charge in [0, 0.05) is 34.7 Å². The molecule has 234 valence electrons. The molecule has 0 N–H and O–H groups in total. The van der Waals surface area contributed by atoms with Crippen LogP contribution in [0.5, 0.6) is 0 Å². The molecule has 5 aromatic carbocycles. The van der Waals surface area contributed by atoms with Crippen molar-refractivity contribution in [1.29, 1.82) is 0 Å². The van der Waals surface area contributed by atoms with Gasteiger partial charge < -0.3 is 4.90 Å². The van der Waals surface area contributed by atoms with Crippen molar-refractivity contribution in [3.8, 4) is 0 Å². The van der Waals surface area contributed by atoms with Gasteiger partial charge in [0.25, 0.3) is 0 Å². The summed E-state index contributed by atoms with van der Waals surface area (Å²) in [7, 11) is 3.05. The minimum Gasteiger partial charge on any atom is -0.302 e. The van der Waals surface area contributed by atoms with E-state index in [4.69, 9.17) is 0 Å². The Morgan fingerprint density at radius 3 is 1.26 bits per heavy atom. The number of rotatable bonds is 9. The molecule has 2 aliphatic rings. The van der Waals surface area contributed by atoms with Gasteiger partial charge >= 0.3 is 0 Å². The fraction of sp³-hybridized carbons (Fsp3) is 0.0698. The van der Waals surface area contributed by atoms with Crippen LogP contribution in [0.3, 0.4) is 0 Å². The second kappa shape index (κ2) is 18.3. The summed E-state index contributed by atoms with van der Waals surface area (Å²) in [5, 5.41) is 6.88. The van der Waals surface area contributed by atoms with Crippen LogP contribution in [0.1, 0.15) is 11.6 Å². The van der Waals surface area contributed by atoms with Gasteiger partial charge in [0.2, 0.25) is 0 Å². The van der Waals surface area contributed by atoms with Gasteiger partial charge in [-0.1, -0.05) is 140 Å². The van der Waals surface area contributed by atoms with Gasteiger partial charge in [-0.25, -0.2) is 0 Å². The zero-order valence-corrected chi connectivity index (χ0v) is 29.6. The second-order valence-corrected chi connectivity index (χ2v) is 15.7. The predicted octanol–water partition coefficient (Wildman–Crippen LogP) is 7.93. The van der Waals surface area contributed by atoms with Crippen LogP contribution in [-0.2, 0) is 17.1 Å². The summed E-state index contributed by atoms with van der Waals surface area (Å²) < 4.78 is 0. The largest absolute Gasteiger partial charge is 0.302 e. The van der Waals surface area contributed by atoms with E-state index in [2.05, 4.69) is 184 Å². The third kappa shape index (κ3) is 9.12. The van der Waals surface area contributed by atoms with E-state index < -0.39 is 15.8 Å². The van der Waals surface area contributed by atoms with Crippen molar-refractivity contribution < 1.29 is 17.1 Å². The molecule has 0 aliphatic heterocycles. The minimum absolute atomic E-state index is 0. The van der Waals surface area contributed by atoms with Crippen LogP contribution in [0.4, 0.5) is 0 Å². The third-order valence-electron chi connectivity index (χ3n) is 7.93. The minimum atomic E-state index is -0.692. The molecule has 0 heterocycles. The molecule has 0 amide bonds. The van der Waals surface area contributed by atoms with E-state index in [0.717, 1.165) is 0 Å². The molecule has 47 heavy (non-hydrogen) atoms. The van der Waals surface area contributed by atoms with Crippen LogP contribution >= 0.6 is 15.8 Å². The van der Waals surface area contributed by atoms with E-state index in [0.29, 0.717) is 0 Å². The van der Waals surface area contributed by atoms with Gasteiger partial charge in [0.15, 0.2) is 0 Å². The molecule has 10 radical (unpaired) electrons. The van der Waals surface area contributed by atoms with Crippen LogP contribution in [0, 0.1) is 62.9 Å². The first-order valence-electron chi connectivity index (χ1n) is 15.7. The van der Waals surface area contributed by atoms with Crippen molar-refractivity contribution >= 4 is 42.4 Å². The first-order valence-corrected chi connectivity index (χ1v) is 18.4. The van der Waals surface area contributed by atoms with Crippen LogP contribution in [-0.4, -0.2) is 19.0 Å². The molecule has 1 atom stereocenters. The molecule has 2 aliphatic carbocycles. The molecule has 0 bridgehead atoms. The van der Waals surface area contributed by atoms with Gasteiger partial charge in [-0.2, -0.15) is 0 Å². The molecule has 5 aromatic rings. The van der Waals surface area contributed by atoms with Crippen LogP contribution in [0.2, 0.25) is 0 Å². The zero-order valence-electron chi connectivity index (χ0n) is 26.7. The fourth-order valence-corrected chi connectivity index (χ4v) is 10.8. The molecular weight excluding hydrogens is 648 g/mol. The van der Waals surface area contributed by atoms with Crippen molar-refractivity contribution in [3.63, 3.8) is 0 Å². The smallest absolute Gasteiger partial charge is 0.0417 e. The number of benzene rings is 5. The molecule has 2 fully saturated rings. The summed E-state index contributed by atoms with van der Waals surface area (Å²) in [5.41, 5.74) is 2.75. The van der Waals surface area contributed by atoms with Crippen molar-refractivity contribution in [2.45, 2.75) is 6.04 Å². The molecule has 0 unspecified atom stereocenters.